The number of thioether (sulfide) groups is 1. The molecule has 0 aliphatic carbocycles. The van der Waals surface area contributed by atoms with Crippen LogP contribution in [0.1, 0.15) is 18.9 Å². The molecule has 0 fully saturated rings. The first-order valence-corrected chi connectivity index (χ1v) is 11.2. The average Bonchev–Trinajstić information content (AvgIpc) is 2.35. The van der Waals surface area contributed by atoms with Gasteiger partial charge in [0.1, 0.15) is 0 Å². The van der Waals surface area contributed by atoms with E-state index < -0.39 is 20.1 Å². The zero-order valence-corrected chi connectivity index (χ0v) is 14.6. The van der Waals surface area contributed by atoms with Crippen molar-refractivity contribution in [3.05, 3.63) is 41.7 Å². The number of rotatable bonds is 6. The molecule has 1 rings (SSSR count). The number of allylic oxidation sites excluding steroid dienone is 2. The van der Waals surface area contributed by atoms with Gasteiger partial charge in [0.25, 0.3) is 0 Å². The van der Waals surface area contributed by atoms with Gasteiger partial charge in [-0.15, -0.1) is 11.8 Å². The highest BCUT2D eigenvalue weighted by Crippen LogP contribution is 2.31. The van der Waals surface area contributed by atoms with Gasteiger partial charge in [0.05, 0.1) is 11.3 Å². The molecular formula is C15H21F3OSSi. The van der Waals surface area contributed by atoms with Crippen molar-refractivity contribution < 1.29 is 17.6 Å². The van der Waals surface area contributed by atoms with Crippen molar-refractivity contribution in [2.45, 2.75) is 44.1 Å². The predicted molar refractivity (Wildman–Crippen MR) is 85.0 cm³/mol. The van der Waals surface area contributed by atoms with Crippen LogP contribution in [-0.2, 0) is 10.6 Å². The third kappa shape index (κ3) is 7.08. The van der Waals surface area contributed by atoms with Gasteiger partial charge in [-0.1, -0.05) is 6.08 Å². The Labute approximate surface area is 129 Å². The number of hydrogen-bond acceptors (Lipinski definition) is 2. The molecule has 0 spiro atoms. The normalized spacial score (nSPS) is 13.4. The minimum atomic E-state index is -4.27. The van der Waals surface area contributed by atoms with E-state index in [1.807, 2.05) is 13.0 Å². The van der Waals surface area contributed by atoms with Crippen LogP contribution in [-0.4, -0.2) is 14.1 Å². The lowest BCUT2D eigenvalue weighted by Gasteiger charge is -2.21. The Morgan fingerprint density at radius 1 is 1.19 bits per heavy atom. The molecule has 0 bridgehead atoms. The molecule has 21 heavy (non-hydrogen) atoms. The van der Waals surface area contributed by atoms with Crippen LogP contribution in [0.3, 0.4) is 0 Å². The summed E-state index contributed by atoms with van der Waals surface area (Å²) in [6.07, 6.45) is -1.52. The smallest absolute Gasteiger partial charge is 0.416 e. The zero-order chi connectivity index (χ0) is 16.1. The molecule has 0 saturated heterocycles. The van der Waals surface area contributed by atoms with E-state index >= 15 is 0 Å². The van der Waals surface area contributed by atoms with Crippen LogP contribution >= 0.6 is 11.8 Å². The topological polar surface area (TPSA) is 9.23 Å². The first-order valence-electron chi connectivity index (χ1n) is 6.76. The molecule has 0 N–H and O–H groups in total. The molecule has 0 saturated carbocycles. The summed E-state index contributed by atoms with van der Waals surface area (Å²) in [5.41, 5.74) is -0.608. The van der Waals surface area contributed by atoms with Crippen molar-refractivity contribution in [2.24, 2.45) is 0 Å². The third-order valence-corrected chi connectivity index (χ3v) is 4.45. The summed E-state index contributed by atoms with van der Waals surface area (Å²) < 4.78 is 43.3. The van der Waals surface area contributed by atoms with E-state index in [9.17, 15) is 13.2 Å². The van der Waals surface area contributed by atoms with Gasteiger partial charge in [-0.3, -0.25) is 0 Å². The summed E-state index contributed by atoms with van der Waals surface area (Å²) in [7, 11) is -1.60. The lowest BCUT2D eigenvalue weighted by atomic mass is 10.2. The van der Waals surface area contributed by atoms with E-state index in [2.05, 4.69) is 19.6 Å². The largest absolute Gasteiger partial charge is 0.548 e. The van der Waals surface area contributed by atoms with E-state index in [0.717, 1.165) is 35.0 Å². The van der Waals surface area contributed by atoms with Crippen LogP contribution in [0.5, 0.6) is 0 Å². The van der Waals surface area contributed by atoms with Crippen LogP contribution in [0.25, 0.3) is 0 Å². The first-order chi connectivity index (χ1) is 9.62. The molecule has 118 valence electrons. The number of halogens is 3. The fraction of sp³-hybridized carbons (Fsp3) is 0.467. The fourth-order valence-electron chi connectivity index (χ4n) is 1.66. The standard InChI is InChI=1S/C15H21F3OSSi/c1-5-13(19-21(2,3)4)10-11-20-14-8-6-12(7-9-14)15(16,17)18/h5-9H,10-11H2,1-4H3/b13-5-. The second kappa shape index (κ2) is 7.40. The maximum Gasteiger partial charge on any atom is 0.416 e. The zero-order valence-electron chi connectivity index (χ0n) is 12.8. The van der Waals surface area contributed by atoms with Crippen molar-refractivity contribution in [3.63, 3.8) is 0 Å². The Bertz CT molecular complexity index is 475. The maximum atomic E-state index is 12.5. The summed E-state index contributed by atoms with van der Waals surface area (Å²) in [6, 6.07) is 5.28. The summed E-state index contributed by atoms with van der Waals surface area (Å²) in [6.45, 7) is 8.32. The lowest BCUT2D eigenvalue weighted by Crippen LogP contribution is -2.24. The minimum absolute atomic E-state index is 0.608. The van der Waals surface area contributed by atoms with E-state index in [-0.39, 0.29) is 0 Å². The van der Waals surface area contributed by atoms with E-state index in [1.165, 1.54) is 23.9 Å². The van der Waals surface area contributed by atoms with Crippen LogP contribution in [0.15, 0.2) is 41.0 Å². The quantitative estimate of drug-likeness (QED) is 0.361. The predicted octanol–water partition coefficient (Wildman–Crippen LogP) is 5.94. The van der Waals surface area contributed by atoms with E-state index in [1.54, 1.807) is 0 Å². The van der Waals surface area contributed by atoms with Crippen LogP contribution in [0.2, 0.25) is 19.6 Å². The van der Waals surface area contributed by atoms with E-state index in [4.69, 9.17) is 4.43 Å². The summed E-state index contributed by atoms with van der Waals surface area (Å²) >= 11 is 1.54. The second-order valence-electron chi connectivity index (χ2n) is 5.59. The molecule has 0 heterocycles. The van der Waals surface area contributed by atoms with Gasteiger partial charge in [-0.25, -0.2) is 0 Å². The fourth-order valence-corrected chi connectivity index (χ4v) is 3.53. The monoisotopic (exact) mass is 334 g/mol. The van der Waals surface area contributed by atoms with Gasteiger partial charge in [0.2, 0.25) is 8.32 Å². The molecule has 0 aliphatic rings. The van der Waals surface area contributed by atoms with Crippen molar-refractivity contribution in [1.82, 2.24) is 0 Å². The molecule has 0 atom stereocenters. The molecule has 6 heteroatoms. The molecule has 0 radical (unpaired) electrons. The van der Waals surface area contributed by atoms with Gasteiger partial charge >= 0.3 is 6.18 Å². The van der Waals surface area contributed by atoms with E-state index in [0.29, 0.717) is 0 Å². The van der Waals surface area contributed by atoms with Crippen LogP contribution in [0.4, 0.5) is 13.2 Å². The Hall–Kier alpha value is -0.883. The minimum Gasteiger partial charge on any atom is -0.548 e. The van der Waals surface area contributed by atoms with Crippen LogP contribution in [0, 0.1) is 0 Å². The van der Waals surface area contributed by atoms with Gasteiger partial charge in [-0.2, -0.15) is 13.2 Å². The van der Waals surface area contributed by atoms with Crippen LogP contribution < -0.4 is 0 Å². The van der Waals surface area contributed by atoms with Gasteiger partial charge in [0.15, 0.2) is 0 Å². The SMILES string of the molecule is C/C=C(/CCSc1ccc(C(F)(F)F)cc1)O[Si](C)(C)C. The number of hydrogen-bond donors (Lipinski definition) is 0. The summed E-state index contributed by atoms with van der Waals surface area (Å²) in [5, 5.41) is 0. The van der Waals surface area contributed by atoms with Gasteiger partial charge < -0.3 is 4.43 Å². The van der Waals surface area contributed by atoms with Gasteiger partial charge in [-0.05, 0) is 50.8 Å². The summed E-state index contributed by atoms with van der Waals surface area (Å²) in [4.78, 5) is 0.839. The molecular weight excluding hydrogens is 313 g/mol. The number of benzene rings is 1. The highest BCUT2D eigenvalue weighted by atomic mass is 32.2. The Morgan fingerprint density at radius 2 is 1.76 bits per heavy atom. The van der Waals surface area contributed by atoms with Gasteiger partial charge in [0, 0.05) is 17.1 Å². The molecule has 0 aliphatic heterocycles. The Morgan fingerprint density at radius 3 is 2.19 bits per heavy atom. The molecule has 1 aromatic carbocycles. The lowest BCUT2D eigenvalue weighted by molar-refractivity contribution is -0.137. The molecule has 0 aromatic heterocycles. The first kappa shape index (κ1) is 18.2. The summed E-state index contributed by atoms with van der Waals surface area (Å²) in [5.74, 6) is 1.75. The molecule has 0 amide bonds. The van der Waals surface area contributed by atoms with Crippen molar-refractivity contribution in [1.29, 1.82) is 0 Å². The maximum absolute atomic E-state index is 12.5. The second-order valence-corrected chi connectivity index (χ2v) is 11.2. The molecule has 1 nitrogen and oxygen atoms in total. The highest BCUT2D eigenvalue weighted by molar-refractivity contribution is 7.99. The Balaban J connectivity index is 2.49. The number of alkyl halides is 3. The van der Waals surface area contributed by atoms with Crippen molar-refractivity contribution >= 4 is 20.1 Å². The molecule has 0 unspecified atom stereocenters. The Kier molecular flexibility index (Phi) is 6.40. The van der Waals surface area contributed by atoms with Crippen molar-refractivity contribution in [2.75, 3.05) is 5.75 Å². The highest BCUT2D eigenvalue weighted by Gasteiger charge is 2.29. The van der Waals surface area contributed by atoms with Crippen molar-refractivity contribution in [3.8, 4) is 0 Å². The average molecular weight is 334 g/mol. The third-order valence-electron chi connectivity index (χ3n) is 2.56. The molecule has 1 aromatic rings.